The van der Waals surface area contributed by atoms with Crippen LogP contribution in [0, 0.1) is 0 Å². The van der Waals surface area contributed by atoms with E-state index in [9.17, 15) is 22.8 Å². The molecule has 0 saturated heterocycles. The zero-order valence-corrected chi connectivity index (χ0v) is 11.4. The maximum atomic E-state index is 12.4. The smallest absolute Gasteiger partial charge is 0.359 e. The third kappa shape index (κ3) is 3.97. The van der Waals surface area contributed by atoms with E-state index in [-0.39, 0.29) is 12.1 Å². The Balaban J connectivity index is 2.20. The van der Waals surface area contributed by atoms with E-state index in [0.717, 1.165) is 0 Å². The normalized spacial score (nSPS) is 12.7. The minimum Gasteiger partial charge on any atom is -0.359 e. The molecule has 0 fully saturated rings. The Bertz CT molecular complexity index is 637. The second-order valence-electron chi connectivity index (χ2n) is 4.66. The van der Waals surface area contributed by atoms with Crippen LogP contribution in [-0.2, 0) is 11.2 Å². The van der Waals surface area contributed by atoms with Crippen LogP contribution in [0.3, 0.4) is 0 Å². The Hall–Kier alpha value is -2.57. The number of hydrogen-bond donors (Lipinski definition) is 2. The number of halogens is 3. The molecule has 1 aromatic heterocycles. The molecular weight excluding hydrogens is 297 g/mol. The van der Waals surface area contributed by atoms with Crippen molar-refractivity contribution in [1.29, 1.82) is 0 Å². The molecule has 0 bridgehead atoms. The molecular formula is C15H13F3N2O2. The van der Waals surface area contributed by atoms with Crippen LogP contribution in [0.4, 0.5) is 13.2 Å². The van der Waals surface area contributed by atoms with Gasteiger partial charge in [-0.25, -0.2) is 0 Å². The second kappa shape index (κ2) is 6.46. The van der Waals surface area contributed by atoms with Gasteiger partial charge in [0.25, 0.3) is 0 Å². The van der Waals surface area contributed by atoms with Crippen molar-refractivity contribution in [3.05, 3.63) is 59.9 Å². The standard InChI is InChI=1S/C15H13F3N2O2/c16-15(17,18)14(22)20-12(9-10-5-2-1-3-6-10)13(21)11-7-4-8-19-11/h1-8,12,19H,9H2,(H,20,22)/t12-/m0/s1. The van der Waals surface area contributed by atoms with Crippen LogP contribution in [-0.4, -0.2) is 28.9 Å². The molecule has 2 N–H and O–H groups in total. The number of H-pyrrole nitrogens is 1. The highest BCUT2D eigenvalue weighted by atomic mass is 19.4. The molecule has 2 rings (SSSR count). The molecule has 4 nitrogen and oxygen atoms in total. The number of carbonyl (C=O) groups excluding carboxylic acids is 2. The van der Waals surface area contributed by atoms with E-state index in [4.69, 9.17) is 0 Å². The third-order valence-electron chi connectivity index (χ3n) is 3.03. The summed E-state index contributed by atoms with van der Waals surface area (Å²) in [6.07, 6.45) is -3.58. The third-order valence-corrected chi connectivity index (χ3v) is 3.03. The van der Waals surface area contributed by atoms with E-state index in [1.807, 2.05) is 0 Å². The van der Waals surface area contributed by atoms with E-state index in [1.165, 1.54) is 12.3 Å². The number of nitrogens with one attached hydrogen (secondary N) is 2. The van der Waals surface area contributed by atoms with Crippen LogP contribution in [0.25, 0.3) is 0 Å². The Morgan fingerprint density at radius 2 is 1.77 bits per heavy atom. The molecule has 1 amide bonds. The van der Waals surface area contributed by atoms with Gasteiger partial charge in [-0.3, -0.25) is 9.59 Å². The molecule has 22 heavy (non-hydrogen) atoms. The van der Waals surface area contributed by atoms with Gasteiger partial charge in [0.1, 0.15) is 0 Å². The number of rotatable bonds is 5. The molecule has 0 aliphatic heterocycles. The summed E-state index contributed by atoms with van der Waals surface area (Å²) in [6, 6.07) is 10.2. The predicted octanol–water partition coefficient (Wildman–Crippen LogP) is 2.49. The molecule has 1 heterocycles. The van der Waals surface area contributed by atoms with Crippen LogP contribution in [0.1, 0.15) is 16.1 Å². The Labute approximate surface area is 124 Å². The van der Waals surface area contributed by atoms with E-state index < -0.39 is 23.9 Å². The highest BCUT2D eigenvalue weighted by Crippen LogP contribution is 2.16. The predicted molar refractivity (Wildman–Crippen MR) is 73.3 cm³/mol. The van der Waals surface area contributed by atoms with Crippen molar-refractivity contribution in [3.8, 4) is 0 Å². The topological polar surface area (TPSA) is 62.0 Å². The molecule has 1 aromatic carbocycles. The molecule has 0 spiro atoms. The fourth-order valence-electron chi connectivity index (χ4n) is 1.97. The first-order valence-electron chi connectivity index (χ1n) is 6.47. The van der Waals surface area contributed by atoms with E-state index in [0.29, 0.717) is 5.56 Å². The summed E-state index contributed by atoms with van der Waals surface area (Å²) in [5.41, 5.74) is 0.790. The van der Waals surface area contributed by atoms with Gasteiger partial charge in [-0.2, -0.15) is 13.2 Å². The van der Waals surface area contributed by atoms with Gasteiger partial charge in [0.2, 0.25) is 5.78 Å². The van der Waals surface area contributed by atoms with Gasteiger partial charge in [-0.1, -0.05) is 30.3 Å². The first-order chi connectivity index (χ1) is 10.4. The van der Waals surface area contributed by atoms with Crippen LogP contribution in [0.15, 0.2) is 48.7 Å². The number of hydrogen-bond acceptors (Lipinski definition) is 2. The average molecular weight is 310 g/mol. The molecule has 0 saturated carbocycles. The first-order valence-corrected chi connectivity index (χ1v) is 6.47. The minimum atomic E-state index is -5.04. The number of aromatic nitrogens is 1. The molecule has 0 aliphatic rings. The summed E-state index contributed by atoms with van der Waals surface area (Å²) in [5.74, 6) is -2.74. The van der Waals surface area contributed by atoms with Crippen LogP contribution >= 0.6 is 0 Å². The van der Waals surface area contributed by atoms with Crippen molar-refractivity contribution in [2.24, 2.45) is 0 Å². The highest BCUT2D eigenvalue weighted by Gasteiger charge is 2.40. The van der Waals surface area contributed by atoms with Crippen molar-refractivity contribution in [2.45, 2.75) is 18.6 Å². The molecule has 0 radical (unpaired) electrons. The van der Waals surface area contributed by atoms with E-state index >= 15 is 0 Å². The number of carbonyl (C=O) groups is 2. The molecule has 1 atom stereocenters. The zero-order valence-electron chi connectivity index (χ0n) is 11.4. The fourth-order valence-corrected chi connectivity index (χ4v) is 1.97. The lowest BCUT2D eigenvalue weighted by Gasteiger charge is -2.18. The fraction of sp³-hybridized carbons (Fsp3) is 0.200. The van der Waals surface area contributed by atoms with Crippen molar-refractivity contribution in [3.63, 3.8) is 0 Å². The van der Waals surface area contributed by atoms with Gasteiger partial charge < -0.3 is 10.3 Å². The monoisotopic (exact) mass is 310 g/mol. The zero-order chi connectivity index (χ0) is 16.2. The average Bonchev–Trinajstić information content (AvgIpc) is 3.00. The van der Waals surface area contributed by atoms with Crippen LogP contribution < -0.4 is 5.32 Å². The SMILES string of the molecule is O=C(c1ccc[nH]1)[C@H](Cc1ccccc1)NC(=O)C(F)(F)F. The van der Waals surface area contributed by atoms with Crippen LogP contribution in [0.5, 0.6) is 0 Å². The lowest BCUT2D eigenvalue weighted by molar-refractivity contribution is -0.174. The summed E-state index contributed by atoms with van der Waals surface area (Å²) in [4.78, 5) is 26.0. The van der Waals surface area contributed by atoms with Crippen LogP contribution in [0.2, 0.25) is 0 Å². The summed E-state index contributed by atoms with van der Waals surface area (Å²) in [6.45, 7) is 0. The first kappa shape index (κ1) is 15.8. The maximum Gasteiger partial charge on any atom is 0.471 e. The number of aromatic amines is 1. The number of benzene rings is 1. The second-order valence-corrected chi connectivity index (χ2v) is 4.66. The molecule has 116 valence electrons. The minimum absolute atomic E-state index is 0.0273. The van der Waals surface area contributed by atoms with E-state index in [1.54, 1.807) is 41.7 Å². The van der Waals surface area contributed by atoms with Gasteiger partial charge in [0, 0.05) is 12.6 Å². The van der Waals surface area contributed by atoms with E-state index in [2.05, 4.69) is 4.98 Å². The molecule has 0 unspecified atom stereocenters. The van der Waals surface area contributed by atoms with Gasteiger partial charge >= 0.3 is 12.1 Å². The molecule has 2 aromatic rings. The largest absolute Gasteiger partial charge is 0.471 e. The van der Waals surface area contributed by atoms with Crippen molar-refractivity contribution < 1.29 is 22.8 Å². The Morgan fingerprint density at radius 3 is 2.32 bits per heavy atom. The van der Waals surface area contributed by atoms with Gasteiger partial charge in [-0.05, 0) is 17.7 Å². The number of Topliss-reactive ketones (excluding diaryl/α,β-unsaturated/α-hetero) is 1. The molecule has 7 heteroatoms. The van der Waals surface area contributed by atoms with Crippen molar-refractivity contribution in [1.82, 2.24) is 10.3 Å². The lowest BCUT2D eigenvalue weighted by Crippen LogP contribution is -2.48. The summed E-state index contributed by atoms with van der Waals surface area (Å²) >= 11 is 0. The van der Waals surface area contributed by atoms with Crippen molar-refractivity contribution >= 4 is 11.7 Å². The number of ketones is 1. The maximum absolute atomic E-state index is 12.4. The summed E-state index contributed by atoms with van der Waals surface area (Å²) < 4.78 is 37.3. The summed E-state index contributed by atoms with van der Waals surface area (Å²) in [7, 11) is 0. The summed E-state index contributed by atoms with van der Waals surface area (Å²) in [5, 5.41) is 1.76. The van der Waals surface area contributed by atoms with Crippen molar-refractivity contribution in [2.75, 3.05) is 0 Å². The Kier molecular flexibility index (Phi) is 4.65. The number of amides is 1. The van der Waals surface area contributed by atoms with Gasteiger partial charge in [0.05, 0.1) is 11.7 Å². The quantitative estimate of drug-likeness (QED) is 0.834. The Morgan fingerprint density at radius 1 is 1.09 bits per heavy atom. The highest BCUT2D eigenvalue weighted by molar-refractivity contribution is 6.01. The van der Waals surface area contributed by atoms with Gasteiger partial charge in [0.15, 0.2) is 0 Å². The molecule has 0 aliphatic carbocycles. The number of alkyl halides is 3. The van der Waals surface area contributed by atoms with Gasteiger partial charge in [-0.15, -0.1) is 0 Å². The lowest BCUT2D eigenvalue weighted by atomic mass is 10.0.